The summed E-state index contributed by atoms with van der Waals surface area (Å²) in [6.45, 7) is 6.28. The number of benzene rings is 2. The number of rotatable bonds is 5. The van der Waals surface area contributed by atoms with Gasteiger partial charge >= 0.3 is 6.09 Å². The van der Waals surface area contributed by atoms with Crippen LogP contribution in [0.3, 0.4) is 0 Å². The summed E-state index contributed by atoms with van der Waals surface area (Å²) >= 11 is 0. The molecule has 3 rings (SSSR count). The van der Waals surface area contributed by atoms with Crippen molar-refractivity contribution < 1.29 is 22.7 Å². The third-order valence-corrected chi connectivity index (χ3v) is 6.59. The Morgan fingerprint density at radius 3 is 2.36 bits per heavy atom. The minimum Gasteiger partial charge on any atom is -0.444 e. The maximum absolute atomic E-state index is 13.3. The smallest absolute Gasteiger partial charge is 0.410 e. The number of carbonyl (C=O) groups is 2. The molecule has 1 aliphatic heterocycles. The third-order valence-electron chi connectivity index (χ3n) is 5.48. The number of sulfone groups is 1. The van der Waals surface area contributed by atoms with Crippen LogP contribution in [0, 0.1) is 5.92 Å². The summed E-state index contributed by atoms with van der Waals surface area (Å²) in [7, 11) is -3.39. The van der Waals surface area contributed by atoms with Gasteiger partial charge in [-0.1, -0.05) is 42.5 Å². The Bertz CT molecular complexity index is 1090. The molecule has 0 aromatic heterocycles. The summed E-state index contributed by atoms with van der Waals surface area (Å²) < 4.78 is 29.6. The summed E-state index contributed by atoms with van der Waals surface area (Å²) in [4.78, 5) is 27.6. The molecule has 178 valence electrons. The fourth-order valence-corrected chi connectivity index (χ4v) is 4.55. The molecule has 1 fully saturated rings. The minimum atomic E-state index is -3.39. The Hall–Kier alpha value is -2.87. The summed E-state index contributed by atoms with van der Waals surface area (Å²) in [5.41, 5.74) is 0.920. The molecule has 0 bridgehead atoms. The summed E-state index contributed by atoms with van der Waals surface area (Å²) in [6.07, 6.45) is 2.11. The summed E-state index contributed by atoms with van der Waals surface area (Å²) in [5, 5.41) is 3.09. The van der Waals surface area contributed by atoms with Crippen LogP contribution in [0.25, 0.3) is 0 Å². The molecule has 0 radical (unpaired) electrons. The summed E-state index contributed by atoms with van der Waals surface area (Å²) in [5.74, 6) is -0.558. The first-order valence-electron chi connectivity index (χ1n) is 11.1. The molecule has 8 heteroatoms. The first kappa shape index (κ1) is 24.8. The van der Waals surface area contributed by atoms with E-state index in [0.717, 1.165) is 11.8 Å². The van der Waals surface area contributed by atoms with E-state index in [-0.39, 0.29) is 23.3 Å². The first-order valence-corrected chi connectivity index (χ1v) is 13.0. The lowest BCUT2D eigenvalue weighted by Gasteiger charge is -2.34. The molecule has 2 unspecified atom stereocenters. The molecule has 0 spiro atoms. The van der Waals surface area contributed by atoms with Crippen molar-refractivity contribution in [3.8, 4) is 0 Å². The van der Waals surface area contributed by atoms with Gasteiger partial charge in [-0.3, -0.25) is 4.79 Å². The number of hydrogen-bond donors (Lipinski definition) is 1. The minimum absolute atomic E-state index is 0.179. The van der Waals surface area contributed by atoms with Gasteiger partial charge in [0.25, 0.3) is 0 Å². The van der Waals surface area contributed by atoms with Crippen LogP contribution in [-0.4, -0.2) is 50.3 Å². The predicted molar refractivity (Wildman–Crippen MR) is 127 cm³/mol. The Kier molecular flexibility index (Phi) is 7.47. The van der Waals surface area contributed by atoms with Crippen molar-refractivity contribution in [2.45, 2.75) is 50.2 Å². The van der Waals surface area contributed by atoms with Gasteiger partial charge < -0.3 is 15.0 Å². The molecule has 33 heavy (non-hydrogen) atoms. The van der Waals surface area contributed by atoms with Crippen molar-refractivity contribution in [1.29, 1.82) is 0 Å². The first-order chi connectivity index (χ1) is 15.4. The number of amides is 2. The Labute approximate surface area is 196 Å². The highest BCUT2D eigenvalue weighted by Crippen LogP contribution is 2.26. The van der Waals surface area contributed by atoms with Crippen LogP contribution >= 0.6 is 0 Å². The van der Waals surface area contributed by atoms with Gasteiger partial charge in [-0.2, -0.15) is 0 Å². The molecule has 0 saturated carbocycles. The van der Waals surface area contributed by atoms with E-state index in [1.54, 1.807) is 29.2 Å². The van der Waals surface area contributed by atoms with Crippen LogP contribution < -0.4 is 5.32 Å². The van der Waals surface area contributed by atoms with Crippen molar-refractivity contribution in [3.05, 3.63) is 65.7 Å². The fourth-order valence-electron chi connectivity index (χ4n) is 3.87. The zero-order valence-corrected chi connectivity index (χ0v) is 20.4. The zero-order valence-electron chi connectivity index (χ0n) is 19.6. The number of hydrogen-bond acceptors (Lipinski definition) is 5. The normalized spacial score (nSPS) is 17.8. The van der Waals surface area contributed by atoms with E-state index in [9.17, 15) is 18.0 Å². The lowest BCUT2D eigenvalue weighted by Crippen LogP contribution is -2.47. The average molecular weight is 473 g/mol. The van der Waals surface area contributed by atoms with Gasteiger partial charge in [-0.05, 0) is 56.9 Å². The van der Waals surface area contributed by atoms with E-state index >= 15 is 0 Å². The zero-order chi connectivity index (χ0) is 24.2. The molecular weight excluding hydrogens is 440 g/mol. The largest absolute Gasteiger partial charge is 0.444 e. The predicted octanol–water partition coefficient (Wildman–Crippen LogP) is 3.94. The van der Waals surface area contributed by atoms with Crippen LogP contribution in [0.1, 0.15) is 50.8 Å². The standard InChI is InChI=1S/C25H32N2O5S/c1-25(2,3)32-24(29)27-15-9-13-20(17-27)23(28)26-22(18-10-6-5-7-11-18)19-12-8-14-21(16-19)33(4,30)31/h5-8,10-12,14,16,20,22H,9,13,15,17H2,1-4H3,(H,26,28). The molecule has 2 amide bonds. The van der Waals surface area contributed by atoms with Crippen LogP contribution in [0.2, 0.25) is 0 Å². The molecule has 2 aromatic rings. The molecule has 0 aliphatic carbocycles. The summed E-state index contributed by atoms with van der Waals surface area (Å²) in [6, 6.07) is 15.5. The number of nitrogens with one attached hydrogen (secondary N) is 1. The van der Waals surface area contributed by atoms with E-state index in [1.807, 2.05) is 51.1 Å². The van der Waals surface area contributed by atoms with E-state index in [4.69, 9.17) is 4.74 Å². The highest BCUT2D eigenvalue weighted by Gasteiger charge is 2.32. The van der Waals surface area contributed by atoms with E-state index in [1.165, 1.54) is 0 Å². The molecule has 7 nitrogen and oxygen atoms in total. The second-order valence-corrected chi connectivity index (χ2v) is 11.5. The van der Waals surface area contributed by atoms with Gasteiger partial charge in [0.1, 0.15) is 5.60 Å². The van der Waals surface area contributed by atoms with Gasteiger partial charge in [-0.15, -0.1) is 0 Å². The topological polar surface area (TPSA) is 92.8 Å². The van der Waals surface area contributed by atoms with Gasteiger partial charge in [0.2, 0.25) is 5.91 Å². The maximum Gasteiger partial charge on any atom is 0.410 e. The van der Waals surface area contributed by atoms with Crippen molar-refractivity contribution >= 4 is 21.8 Å². The second kappa shape index (κ2) is 9.95. The van der Waals surface area contributed by atoms with E-state index in [0.29, 0.717) is 24.9 Å². The molecular formula is C25H32N2O5S. The number of likely N-dealkylation sites (tertiary alicyclic amines) is 1. The van der Waals surface area contributed by atoms with Gasteiger partial charge in [0.05, 0.1) is 16.9 Å². The number of piperidine rings is 1. The highest BCUT2D eigenvalue weighted by molar-refractivity contribution is 7.90. The monoisotopic (exact) mass is 472 g/mol. The van der Waals surface area contributed by atoms with Crippen LogP contribution in [0.4, 0.5) is 4.79 Å². The van der Waals surface area contributed by atoms with Crippen molar-refractivity contribution in [2.75, 3.05) is 19.3 Å². The van der Waals surface area contributed by atoms with Crippen LogP contribution in [0.15, 0.2) is 59.5 Å². The molecule has 1 saturated heterocycles. The Balaban J connectivity index is 1.82. The van der Waals surface area contributed by atoms with Gasteiger partial charge in [0, 0.05) is 19.3 Å². The number of nitrogens with zero attached hydrogens (tertiary/aromatic N) is 1. The van der Waals surface area contributed by atoms with E-state index in [2.05, 4.69) is 5.32 Å². The lowest BCUT2D eigenvalue weighted by molar-refractivity contribution is -0.127. The van der Waals surface area contributed by atoms with Gasteiger partial charge in [-0.25, -0.2) is 13.2 Å². The SMILES string of the molecule is CC(C)(C)OC(=O)N1CCCC(C(=O)NC(c2ccccc2)c2cccc(S(C)(=O)=O)c2)C1. The Morgan fingerprint density at radius 2 is 1.73 bits per heavy atom. The average Bonchev–Trinajstić information content (AvgIpc) is 2.76. The molecule has 2 aromatic carbocycles. The fraction of sp³-hybridized carbons (Fsp3) is 0.440. The van der Waals surface area contributed by atoms with Crippen molar-refractivity contribution in [1.82, 2.24) is 10.2 Å². The quantitative estimate of drug-likeness (QED) is 0.711. The molecule has 1 N–H and O–H groups in total. The van der Waals surface area contributed by atoms with Crippen LogP contribution in [0.5, 0.6) is 0 Å². The lowest BCUT2D eigenvalue weighted by atomic mass is 9.94. The molecule has 1 aliphatic rings. The van der Waals surface area contributed by atoms with Crippen molar-refractivity contribution in [3.63, 3.8) is 0 Å². The second-order valence-electron chi connectivity index (χ2n) is 9.46. The third kappa shape index (κ3) is 6.81. The Morgan fingerprint density at radius 1 is 1.06 bits per heavy atom. The van der Waals surface area contributed by atoms with Crippen LogP contribution in [-0.2, 0) is 19.4 Å². The van der Waals surface area contributed by atoms with E-state index < -0.39 is 27.6 Å². The number of ether oxygens (including phenoxy) is 1. The molecule has 1 heterocycles. The number of carbonyl (C=O) groups excluding carboxylic acids is 2. The van der Waals surface area contributed by atoms with Crippen molar-refractivity contribution in [2.24, 2.45) is 5.92 Å². The highest BCUT2D eigenvalue weighted by atomic mass is 32.2. The molecule has 2 atom stereocenters. The van der Waals surface area contributed by atoms with Gasteiger partial charge in [0.15, 0.2) is 9.84 Å². The maximum atomic E-state index is 13.3.